The van der Waals surface area contributed by atoms with Crippen molar-refractivity contribution in [2.45, 2.75) is 162 Å². The number of hydrogen-bond acceptors (Lipinski definition) is 0. The Morgan fingerprint density at radius 1 is 0.500 bits per heavy atom. The molecule has 0 aromatic heterocycles. The molecule has 1 heterocycles. The van der Waals surface area contributed by atoms with Gasteiger partial charge in [-0.15, -0.1) is 0 Å². The fraction of sp³-hybridized carbons (Fsp3) is 0.610. The average molecular weight is 644 g/mol. The van der Waals surface area contributed by atoms with Gasteiger partial charge < -0.3 is 5.53 Å². The van der Waals surface area contributed by atoms with Gasteiger partial charge in [-0.2, -0.15) is 0 Å². The van der Waals surface area contributed by atoms with E-state index in [0.29, 0.717) is 0 Å². The number of rotatable bonds is 19. The van der Waals surface area contributed by atoms with Gasteiger partial charge in [0, 0.05) is 22.3 Å². The molecule has 0 aliphatic carbocycles. The Labute approximate surface area is 278 Å². The number of benzene rings is 2. The molecule has 3 rings (SSSR count). The van der Waals surface area contributed by atoms with E-state index in [2.05, 4.69) is 91.8 Å². The number of unbranched alkanes of at least 4 members (excludes halogenated alkanes) is 5. The molecule has 3 heteroatoms. The van der Waals surface area contributed by atoms with Gasteiger partial charge in [0.05, 0.1) is 0 Å². The third-order valence-electron chi connectivity index (χ3n) is 8.54. The molecule has 0 saturated heterocycles. The molecule has 1 aliphatic heterocycles. The maximum atomic E-state index is 12.0. The molecule has 2 aromatic rings. The fourth-order valence-corrected chi connectivity index (χ4v) is 6.57. The van der Waals surface area contributed by atoms with Crippen LogP contribution in [-0.2, 0) is 40.1 Å². The van der Waals surface area contributed by atoms with Crippen LogP contribution >= 0.6 is 0 Å². The summed E-state index contributed by atoms with van der Waals surface area (Å²) in [7, 11) is 0. The molecule has 44 heavy (non-hydrogen) atoms. The Bertz CT molecular complexity index is 1160. The minimum atomic E-state index is 0.987. The first kappa shape index (κ1) is 38.2. The van der Waals surface area contributed by atoms with Crippen LogP contribution in [0.1, 0.15) is 159 Å². The molecule has 0 amide bonds. The van der Waals surface area contributed by atoms with Gasteiger partial charge >= 0.3 is 39.1 Å². The van der Waals surface area contributed by atoms with Crippen molar-refractivity contribution in [1.29, 1.82) is 0 Å². The van der Waals surface area contributed by atoms with E-state index >= 15 is 0 Å². The van der Waals surface area contributed by atoms with E-state index in [-0.39, 0.29) is 0 Å². The predicted octanol–water partition coefficient (Wildman–Crippen LogP) is 13.4. The number of nitrogens with zero attached hydrogens (tertiary/aromatic N) is 2. The van der Waals surface area contributed by atoms with Crippen molar-refractivity contribution in [3.63, 3.8) is 0 Å². The Hall–Kier alpha value is -1.99. The van der Waals surface area contributed by atoms with E-state index in [4.69, 9.17) is 0 Å². The van der Waals surface area contributed by atoms with E-state index in [1.807, 2.05) is 14.4 Å². The van der Waals surface area contributed by atoms with Crippen molar-refractivity contribution in [3.8, 4) is 0 Å². The van der Waals surface area contributed by atoms with E-state index < -0.39 is 0 Å². The third kappa shape index (κ3) is 11.7. The van der Waals surface area contributed by atoms with Gasteiger partial charge in [0.15, 0.2) is 0 Å². The fourth-order valence-electron chi connectivity index (χ4n) is 6.07. The Morgan fingerprint density at radius 3 is 1.16 bits per heavy atom. The molecule has 2 aromatic carbocycles. The van der Waals surface area contributed by atoms with Crippen LogP contribution in [0.25, 0.3) is 16.9 Å². The summed E-state index contributed by atoms with van der Waals surface area (Å²) >= 11 is 1.82. The van der Waals surface area contributed by atoms with E-state index in [9.17, 15) is 5.53 Å². The molecule has 0 unspecified atom stereocenters. The van der Waals surface area contributed by atoms with Crippen LogP contribution in [0.2, 0.25) is 10.8 Å². The van der Waals surface area contributed by atoms with Crippen molar-refractivity contribution in [2.24, 2.45) is 0 Å². The monoisotopic (exact) mass is 642 g/mol. The summed E-state index contributed by atoms with van der Waals surface area (Å²) in [5.74, 6) is 0. The quantitative estimate of drug-likeness (QED) is 0.108. The first-order valence-corrected chi connectivity index (χ1v) is 19.4. The zero-order valence-corrected chi connectivity index (χ0v) is 30.7. The summed E-state index contributed by atoms with van der Waals surface area (Å²) in [5, 5.41) is 2.56. The predicted molar refractivity (Wildman–Crippen MR) is 191 cm³/mol. The Kier molecular flexibility index (Phi) is 18.8. The first-order chi connectivity index (χ1) is 21.4. The summed E-state index contributed by atoms with van der Waals surface area (Å²) in [4.78, 5) is 0. The SMILES string of the molecule is CCCCC1=C(c2cc(CCCC)cc(CCCC)c2)[N+](=[N-])C(c2cc(CCCC)cc(CCCC)c2)=C1C.C[CH2][Ni][CH2]C. The maximum absolute atomic E-state index is 12.0. The summed E-state index contributed by atoms with van der Waals surface area (Å²) in [6.45, 7) is 17.9. The van der Waals surface area contributed by atoms with Gasteiger partial charge in [0.2, 0.25) is 11.4 Å². The van der Waals surface area contributed by atoms with Crippen molar-refractivity contribution >= 4 is 11.4 Å². The molecule has 248 valence electrons. The topological polar surface area (TPSA) is 25.3 Å². The van der Waals surface area contributed by atoms with Crippen LogP contribution < -0.4 is 0 Å². The van der Waals surface area contributed by atoms with Crippen LogP contribution in [0.5, 0.6) is 0 Å². The van der Waals surface area contributed by atoms with Crippen molar-refractivity contribution in [2.75, 3.05) is 0 Å². The van der Waals surface area contributed by atoms with Gasteiger partial charge in [0.25, 0.3) is 0 Å². The second-order valence-corrected chi connectivity index (χ2v) is 14.2. The van der Waals surface area contributed by atoms with Crippen LogP contribution in [0.3, 0.4) is 0 Å². The molecule has 0 bridgehead atoms. The zero-order chi connectivity index (χ0) is 32.3. The first-order valence-electron chi connectivity index (χ1n) is 18.0. The van der Waals surface area contributed by atoms with Crippen LogP contribution in [0.4, 0.5) is 0 Å². The average Bonchev–Trinajstić information content (AvgIpc) is 3.28. The second-order valence-electron chi connectivity index (χ2n) is 12.3. The number of aryl methyl sites for hydroxylation is 4. The zero-order valence-electron chi connectivity index (χ0n) is 29.7. The minimum absolute atomic E-state index is 0.987. The Morgan fingerprint density at radius 2 is 0.841 bits per heavy atom. The summed E-state index contributed by atoms with van der Waals surface area (Å²) in [6.07, 6.45) is 17.3. The molecule has 2 nitrogen and oxygen atoms in total. The number of allylic oxidation sites excluding steroid dienone is 2. The van der Waals surface area contributed by atoms with Crippen molar-refractivity contribution < 1.29 is 19.1 Å². The second kappa shape index (κ2) is 21.7. The molecule has 0 atom stereocenters. The van der Waals surface area contributed by atoms with Crippen LogP contribution in [0, 0.1) is 0 Å². The molecule has 0 radical (unpaired) electrons. The van der Waals surface area contributed by atoms with Crippen molar-refractivity contribution in [3.05, 3.63) is 86.5 Å². The standard InChI is InChI=1S/C37H54N2.2C2H5.Ni/c1-7-12-17-29-22-30(18-13-8-2)25-33(24-29)36-28(6)35(21-16-11-5)37(39(36)38)34-26-31(19-14-9-3)23-32(27-34)20-15-10-4;2*1-2;/h22-27H,7-21H2,1-6H3;2*1H2,2H3;. The van der Waals surface area contributed by atoms with Crippen LogP contribution in [0.15, 0.2) is 47.5 Å². The molecule has 0 saturated carbocycles. The van der Waals surface area contributed by atoms with Crippen LogP contribution in [-0.4, -0.2) is 4.70 Å². The summed E-state index contributed by atoms with van der Waals surface area (Å²) < 4.78 is 1.56. The molecular formula is C41H64N2Ni. The summed E-state index contributed by atoms with van der Waals surface area (Å²) in [5.41, 5.74) is 24.5. The van der Waals surface area contributed by atoms with E-state index in [0.717, 1.165) is 56.3 Å². The molecular weight excluding hydrogens is 579 g/mol. The van der Waals surface area contributed by atoms with Crippen molar-refractivity contribution in [1.82, 2.24) is 0 Å². The summed E-state index contributed by atoms with van der Waals surface area (Å²) in [6, 6.07) is 14.2. The van der Waals surface area contributed by atoms with E-state index in [1.54, 1.807) is 4.70 Å². The van der Waals surface area contributed by atoms with Gasteiger partial charge in [-0.05, 0) is 118 Å². The normalized spacial score (nSPS) is 13.2. The van der Waals surface area contributed by atoms with E-state index in [1.165, 1.54) is 107 Å². The number of hydrogen-bond donors (Lipinski definition) is 0. The Balaban J connectivity index is 0.00000125. The van der Waals surface area contributed by atoms with Gasteiger partial charge in [-0.25, -0.2) is 4.70 Å². The molecule has 0 spiro atoms. The molecule has 0 fully saturated rings. The molecule has 0 N–H and O–H groups in total. The van der Waals surface area contributed by atoms with Gasteiger partial charge in [0.1, 0.15) is 0 Å². The van der Waals surface area contributed by atoms with Gasteiger partial charge in [-0.3, -0.25) is 0 Å². The molecule has 1 aliphatic rings. The third-order valence-corrected chi connectivity index (χ3v) is 9.53. The van der Waals surface area contributed by atoms with Gasteiger partial charge in [-0.1, -0.05) is 78.9 Å².